The van der Waals surface area contributed by atoms with Crippen molar-refractivity contribution in [2.75, 3.05) is 19.5 Å². The van der Waals surface area contributed by atoms with Crippen LogP contribution >= 0.6 is 42.1 Å². The number of aromatic nitrogens is 2. The molecule has 186 valence electrons. The summed E-state index contributed by atoms with van der Waals surface area (Å²) in [6.07, 6.45) is -2.08. The molecule has 15 heteroatoms. The number of nitrogens with one attached hydrogen (secondary N) is 1. The van der Waals surface area contributed by atoms with E-state index in [1.807, 2.05) is 0 Å². The molecule has 1 aliphatic rings. The number of hydrogen-bond acceptors (Lipinski definition) is 10. The van der Waals surface area contributed by atoms with Crippen LogP contribution in [0.3, 0.4) is 0 Å². The Bertz CT molecular complexity index is 1120. The Hall–Kier alpha value is -1.71. The molecule has 3 rings (SSSR count). The Morgan fingerprint density at radius 3 is 2.71 bits per heavy atom. The standard InChI is InChI=1S/C19H23FIN4O7PS/c1-10(18(27)30-2)24-33(29,32-12-5-3-11(21)4-6-12)31-9-13-16(26)15(20)17(34-13)25-8-7-14(22)23-19(25)28/h3-8,10,13,15-17,26H,9H2,1-2H3,(H,24,29)(H2,22,23,28)/t10-,13+,15-,16+,17+,33?/m0/s1. The molecule has 2 heterocycles. The highest BCUT2D eigenvalue weighted by Gasteiger charge is 2.46. The number of halogens is 2. The number of nitrogen functional groups attached to an aromatic ring is 1. The molecule has 0 saturated carbocycles. The predicted molar refractivity (Wildman–Crippen MR) is 132 cm³/mol. The summed E-state index contributed by atoms with van der Waals surface area (Å²) in [5.41, 5.74) is 4.71. The molecule has 1 unspecified atom stereocenters. The van der Waals surface area contributed by atoms with Gasteiger partial charge in [-0.05, 0) is 59.8 Å². The Morgan fingerprint density at radius 1 is 1.41 bits per heavy atom. The molecular formula is C19H23FIN4O7PS. The molecule has 6 atom stereocenters. The number of alkyl halides is 1. The molecular weight excluding hydrogens is 605 g/mol. The van der Waals surface area contributed by atoms with Crippen LogP contribution in [0.15, 0.2) is 41.3 Å². The second-order valence-electron chi connectivity index (χ2n) is 7.25. The molecule has 1 aliphatic heterocycles. The minimum absolute atomic E-state index is 0.0143. The van der Waals surface area contributed by atoms with E-state index in [2.05, 4.69) is 37.4 Å². The third-order valence-electron chi connectivity index (χ3n) is 4.77. The largest absolute Gasteiger partial charge is 0.468 e. The first-order valence-electron chi connectivity index (χ1n) is 9.90. The molecule has 11 nitrogen and oxygen atoms in total. The number of rotatable bonds is 9. The van der Waals surface area contributed by atoms with Crippen molar-refractivity contribution >= 4 is 53.9 Å². The van der Waals surface area contributed by atoms with Gasteiger partial charge in [0.1, 0.15) is 29.1 Å². The van der Waals surface area contributed by atoms with Crippen molar-refractivity contribution < 1.29 is 32.6 Å². The fraction of sp³-hybridized carbons (Fsp3) is 0.421. The van der Waals surface area contributed by atoms with E-state index in [1.165, 1.54) is 26.3 Å². The molecule has 1 fully saturated rings. The van der Waals surface area contributed by atoms with E-state index in [1.54, 1.807) is 24.3 Å². The number of benzene rings is 1. The van der Waals surface area contributed by atoms with Crippen LogP contribution in [0.25, 0.3) is 0 Å². The third-order valence-corrected chi connectivity index (χ3v) is 8.67. The quantitative estimate of drug-likeness (QED) is 0.213. The zero-order valence-corrected chi connectivity index (χ0v) is 21.9. The van der Waals surface area contributed by atoms with Crippen LogP contribution in [0.1, 0.15) is 12.3 Å². The van der Waals surface area contributed by atoms with Crippen LogP contribution < -0.4 is 21.0 Å². The molecule has 0 radical (unpaired) electrons. The fourth-order valence-electron chi connectivity index (χ4n) is 3.05. The van der Waals surface area contributed by atoms with Crippen LogP contribution in [0.5, 0.6) is 5.75 Å². The molecule has 34 heavy (non-hydrogen) atoms. The highest BCUT2D eigenvalue weighted by atomic mass is 127. The van der Waals surface area contributed by atoms with Gasteiger partial charge in [-0.15, -0.1) is 11.8 Å². The lowest BCUT2D eigenvalue weighted by atomic mass is 10.1. The molecule has 0 spiro atoms. The van der Waals surface area contributed by atoms with Crippen molar-refractivity contribution in [3.8, 4) is 5.75 Å². The summed E-state index contributed by atoms with van der Waals surface area (Å²) in [6.45, 7) is 0.995. The summed E-state index contributed by atoms with van der Waals surface area (Å²) in [4.78, 5) is 27.5. The maximum absolute atomic E-state index is 14.8. The van der Waals surface area contributed by atoms with E-state index in [9.17, 15) is 23.7 Å². The van der Waals surface area contributed by atoms with Gasteiger partial charge in [-0.2, -0.15) is 10.1 Å². The van der Waals surface area contributed by atoms with Crippen LogP contribution in [-0.4, -0.2) is 57.9 Å². The number of aliphatic hydroxyl groups is 1. The monoisotopic (exact) mass is 628 g/mol. The summed E-state index contributed by atoms with van der Waals surface area (Å²) in [6, 6.07) is 6.85. The lowest BCUT2D eigenvalue weighted by Gasteiger charge is -2.24. The van der Waals surface area contributed by atoms with Gasteiger partial charge in [-0.1, -0.05) is 0 Å². The third kappa shape index (κ3) is 6.49. The number of nitrogens with zero attached hydrogens (tertiary/aromatic N) is 2. The number of hydrogen-bond donors (Lipinski definition) is 3. The minimum atomic E-state index is -4.18. The average Bonchev–Trinajstić information content (AvgIpc) is 3.07. The number of nitrogens with two attached hydrogens (primary N) is 1. The number of carbonyl (C=O) groups is 1. The maximum atomic E-state index is 14.8. The fourth-order valence-corrected chi connectivity index (χ4v) is 6.44. The normalized spacial score (nSPS) is 24.9. The molecule has 1 aromatic heterocycles. The zero-order valence-electron chi connectivity index (χ0n) is 18.0. The average molecular weight is 628 g/mol. The summed E-state index contributed by atoms with van der Waals surface area (Å²) >= 11 is 3.00. The summed E-state index contributed by atoms with van der Waals surface area (Å²) in [5.74, 6) is -0.516. The molecule has 0 bridgehead atoms. The van der Waals surface area contributed by atoms with E-state index >= 15 is 0 Å². The number of carbonyl (C=O) groups excluding carboxylic acids is 1. The van der Waals surface area contributed by atoms with E-state index in [0.29, 0.717) is 0 Å². The van der Waals surface area contributed by atoms with E-state index in [0.717, 1.165) is 19.9 Å². The molecule has 2 aromatic rings. The predicted octanol–water partition coefficient (Wildman–Crippen LogP) is 2.10. The Morgan fingerprint density at radius 2 is 2.09 bits per heavy atom. The summed E-state index contributed by atoms with van der Waals surface area (Å²) in [7, 11) is -3.01. The lowest BCUT2D eigenvalue weighted by Crippen LogP contribution is -2.36. The van der Waals surface area contributed by atoms with Crippen molar-refractivity contribution in [2.24, 2.45) is 0 Å². The maximum Gasteiger partial charge on any atom is 0.459 e. The van der Waals surface area contributed by atoms with Crippen LogP contribution in [0, 0.1) is 3.57 Å². The van der Waals surface area contributed by atoms with Gasteiger partial charge in [-0.25, -0.2) is 13.8 Å². The van der Waals surface area contributed by atoms with Gasteiger partial charge in [0.15, 0.2) is 6.17 Å². The number of aliphatic hydroxyl groups excluding tert-OH is 1. The van der Waals surface area contributed by atoms with Gasteiger partial charge in [0.05, 0.1) is 19.0 Å². The summed E-state index contributed by atoms with van der Waals surface area (Å²) < 4.78 is 45.9. The lowest BCUT2D eigenvalue weighted by molar-refractivity contribution is -0.142. The van der Waals surface area contributed by atoms with Crippen molar-refractivity contribution in [3.63, 3.8) is 0 Å². The van der Waals surface area contributed by atoms with E-state index < -0.39 is 55.0 Å². The minimum Gasteiger partial charge on any atom is -0.468 e. The second-order valence-corrected chi connectivity index (χ2v) is 11.6. The van der Waals surface area contributed by atoms with Crippen LogP contribution in [0.2, 0.25) is 0 Å². The van der Waals surface area contributed by atoms with Crippen LogP contribution in [-0.2, 0) is 18.6 Å². The number of ether oxygens (including phenoxy) is 1. The van der Waals surface area contributed by atoms with E-state index in [4.69, 9.17) is 14.8 Å². The van der Waals surface area contributed by atoms with Gasteiger partial charge in [0, 0.05) is 9.77 Å². The van der Waals surface area contributed by atoms with Crippen molar-refractivity contribution in [3.05, 3.63) is 50.6 Å². The Kier molecular flexibility index (Phi) is 8.98. The smallest absolute Gasteiger partial charge is 0.459 e. The van der Waals surface area contributed by atoms with Gasteiger partial charge in [0.2, 0.25) is 0 Å². The molecule has 0 amide bonds. The Balaban J connectivity index is 1.76. The SMILES string of the molecule is COC(=O)[C@H](C)NP(=O)(OC[C@H]1S[C@@H](n2ccc(N)nc2=O)[C@@H](F)[C@@H]1O)Oc1ccc(I)cc1. The number of methoxy groups -OCH3 is 1. The second kappa shape index (κ2) is 11.4. The number of thioether (sulfide) groups is 1. The van der Waals surface area contributed by atoms with Gasteiger partial charge in [-0.3, -0.25) is 13.9 Å². The molecule has 4 N–H and O–H groups in total. The first-order chi connectivity index (χ1) is 16.0. The topological polar surface area (TPSA) is 155 Å². The van der Waals surface area contributed by atoms with Gasteiger partial charge >= 0.3 is 19.4 Å². The van der Waals surface area contributed by atoms with Gasteiger partial charge < -0.3 is 20.1 Å². The molecule has 1 aromatic carbocycles. The number of anilines is 1. The molecule has 1 saturated heterocycles. The highest BCUT2D eigenvalue weighted by molar-refractivity contribution is 14.1. The zero-order chi connectivity index (χ0) is 25.0. The van der Waals surface area contributed by atoms with Gasteiger partial charge in [0.25, 0.3) is 0 Å². The summed E-state index contributed by atoms with van der Waals surface area (Å²) in [5, 5.41) is 10.9. The molecule has 0 aliphatic carbocycles. The highest BCUT2D eigenvalue weighted by Crippen LogP contribution is 2.49. The van der Waals surface area contributed by atoms with E-state index in [-0.39, 0.29) is 11.6 Å². The first kappa shape index (κ1) is 26.9. The van der Waals surface area contributed by atoms with Crippen molar-refractivity contribution in [1.82, 2.24) is 14.6 Å². The number of esters is 1. The van der Waals surface area contributed by atoms with Crippen LogP contribution in [0.4, 0.5) is 10.2 Å². The first-order valence-corrected chi connectivity index (χ1v) is 13.5. The van der Waals surface area contributed by atoms with Crippen molar-refractivity contribution in [2.45, 2.75) is 35.9 Å². The van der Waals surface area contributed by atoms with Crippen molar-refractivity contribution in [1.29, 1.82) is 0 Å². The Labute approximate surface area is 212 Å².